The van der Waals surface area contributed by atoms with Crippen molar-refractivity contribution in [3.63, 3.8) is 0 Å². The number of carbonyl (C=O) groups is 3. The standard InChI is InChI=1S/C13H19NO9/c1-2-11(15)14-3-4-20-12(16)21-5-6-22-13(17)23-10-7-18-9-19-8-10/h2,10H,1,3-9H2,(H,14,15). The van der Waals surface area contributed by atoms with Crippen LogP contribution in [0.15, 0.2) is 12.7 Å². The van der Waals surface area contributed by atoms with Crippen LogP contribution in [0.2, 0.25) is 0 Å². The topological polar surface area (TPSA) is 119 Å². The molecule has 0 aromatic rings. The summed E-state index contributed by atoms with van der Waals surface area (Å²) >= 11 is 0. The van der Waals surface area contributed by atoms with Gasteiger partial charge < -0.3 is 33.7 Å². The van der Waals surface area contributed by atoms with E-state index in [1.165, 1.54) is 0 Å². The van der Waals surface area contributed by atoms with Crippen LogP contribution < -0.4 is 5.32 Å². The smallest absolute Gasteiger partial charge is 0.432 e. The summed E-state index contributed by atoms with van der Waals surface area (Å²) in [6.07, 6.45) is -1.27. The quantitative estimate of drug-likeness (QED) is 0.371. The zero-order valence-corrected chi connectivity index (χ0v) is 12.5. The van der Waals surface area contributed by atoms with E-state index < -0.39 is 18.4 Å². The van der Waals surface area contributed by atoms with E-state index in [2.05, 4.69) is 21.4 Å². The molecular formula is C13H19NO9. The van der Waals surface area contributed by atoms with Gasteiger partial charge in [-0.1, -0.05) is 6.58 Å². The van der Waals surface area contributed by atoms with Crippen molar-refractivity contribution >= 4 is 18.2 Å². The van der Waals surface area contributed by atoms with Gasteiger partial charge in [0.2, 0.25) is 5.91 Å². The second-order valence-corrected chi connectivity index (χ2v) is 4.14. The van der Waals surface area contributed by atoms with Crippen LogP contribution in [0.25, 0.3) is 0 Å². The van der Waals surface area contributed by atoms with Gasteiger partial charge in [-0.3, -0.25) is 4.79 Å². The number of ether oxygens (including phenoxy) is 6. The van der Waals surface area contributed by atoms with Gasteiger partial charge in [0.25, 0.3) is 0 Å². The molecule has 0 aromatic carbocycles. The molecular weight excluding hydrogens is 314 g/mol. The van der Waals surface area contributed by atoms with Crippen LogP contribution in [0, 0.1) is 0 Å². The molecule has 1 aliphatic heterocycles. The van der Waals surface area contributed by atoms with E-state index in [0.717, 1.165) is 6.08 Å². The van der Waals surface area contributed by atoms with Crippen molar-refractivity contribution in [3.8, 4) is 0 Å². The highest BCUT2D eigenvalue weighted by Crippen LogP contribution is 2.03. The average Bonchev–Trinajstić information content (AvgIpc) is 2.56. The first-order valence-electron chi connectivity index (χ1n) is 6.80. The summed E-state index contributed by atoms with van der Waals surface area (Å²) in [5.41, 5.74) is 0. The van der Waals surface area contributed by atoms with Crippen molar-refractivity contribution in [2.45, 2.75) is 6.10 Å². The molecule has 0 radical (unpaired) electrons. The number of carbonyl (C=O) groups excluding carboxylic acids is 3. The Labute approximate surface area is 132 Å². The lowest BCUT2D eigenvalue weighted by molar-refractivity contribution is -0.158. The highest BCUT2D eigenvalue weighted by atomic mass is 16.8. The Balaban J connectivity index is 1.96. The van der Waals surface area contributed by atoms with E-state index >= 15 is 0 Å². The molecule has 0 unspecified atom stereocenters. The molecule has 0 atom stereocenters. The normalized spacial score (nSPS) is 14.4. The zero-order valence-electron chi connectivity index (χ0n) is 12.5. The van der Waals surface area contributed by atoms with Gasteiger partial charge in [-0.15, -0.1) is 0 Å². The SMILES string of the molecule is C=CC(=O)NCCOC(=O)OCCOC(=O)OC1COCOC1. The molecule has 130 valence electrons. The van der Waals surface area contributed by atoms with E-state index in [-0.39, 0.29) is 52.3 Å². The Kier molecular flexibility index (Phi) is 9.17. The van der Waals surface area contributed by atoms with Crippen LogP contribution in [0.5, 0.6) is 0 Å². The molecule has 0 saturated carbocycles. The summed E-state index contributed by atoms with van der Waals surface area (Å²) in [5, 5.41) is 2.41. The number of rotatable bonds is 8. The Bertz CT molecular complexity index is 406. The highest BCUT2D eigenvalue weighted by molar-refractivity contribution is 5.86. The molecule has 10 nitrogen and oxygen atoms in total. The van der Waals surface area contributed by atoms with Gasteiger partial charge in [0.1, 0.15) is 26.6 Å². The molecule has 0 spiro atoms. The molecule has 23 heavy (non-hydrogen) atoms. The molecule has 0 aliphatic carbocycles. The summed E-state index contributed by atoms with van der Waals surface area (Å²) < 4.78 is 28.7. The second kappa shape index (κ2) is 11.3. The van der Waals surface area contributed by atoms with Gasteiger partial charge in [-0.05, 0) is 6.08 Å². The molecule has 0 aromatic heterocycles. The molecule has 1 heterocycles. The Morgan fingerprint density at radius 1 is 1.04 bits per heavy atom. The Morgan fingerprint density at radius 2 is 1.65 bits per heavy atom. The first-order valence-corrected chi connectivity index (χ1v) is 6.80. The minimum absolute atomic E-state index is 0.0526. The van der Waals surface area contributed by atoms with Gasteiger partial charge in [0.05, 0.1) is 19.8 Å². The zero-order chi connectivity index (χ0) is 16.9. The van der Waals surface area contributed by atoms with E-state index in [1.807, 2.05) is 0 Å². The first-order chi connectivity index (χ1) is 11.1. The molecule has 1 aliphatic rings. The van der Waals surface area contributed by atoms with E-state index in [1.54, 1.807) is 0 Å². The molecule has 10 heteroatoms. The fraction of sp³-hybridized carbons (Fsp3) is 0.615. The predicted molar refractivity (Wildman–Crippen MR) is 73.5 cm³/mol. The maximum Gasteiger partial charge on any atom is 0.508 e. The van der Waals surface area contributed by atoms with Crippen molar-refractivity contribution in [2.24, 2.45) is 0 Å². The lowest BCUT2D eigenvalue weighted by Gasteiger charge is -2.21. The fourth-order valence-electron chi connectivity index (χ4n) is 1.38. The number of amides is 1. The van der Waals surface area contributed by atoms with Crippen LogP contribution in [0.3, 0.4) is 0 Å². The van der Waals surface area contributed by atoms with Crippen LogP contribution in [0.1, 0.15) is 0 Å². The Morgan fingerprint density at radius 3 is 2.30 bits per heavy atom. The number of hydrogen-bond donors (Lipinski definition) is 1. The second-order valence-electron chi connectivity index (χ2n) is 4.14. The van der Waals surface area contributed by atoms with E-state index in [4.69, 9.17) is 18.9 Å². The monoisotopic (exact) mass is 333 g/mol. The summed E-state index contributed by atoms with van der Waals surface area (Å²) in [7, 11) is 0. The maximum absolute atomic E-state index is 11.3. The minimum atomic E-state index is -0.941. The highest BCUT2D eigenvalue weighted by Gasteiger charge is 2.19. The van der Waals surface area contributed by atoms with Gasteiger partial charge in [0, 0.05) is 0 Å². The summed E-state index contributed by atoms with van der Waals surface area (Å²) in [6, 6.07) is 0. The van der Waals surface area contributed by atoms with E-state index in [9.17, 15) is 14.4 Å². The lowest BCUT2D eigenvalue weighted by Crippen LogP contribution is -2.34. The number of hydrogen-bond acceptors (Lipinski definition) is 9. The largest absolute Gasteiger partial charge is 0.508 e. The molecule has 1 rings (SSSR count). The maximum atomic E-state index is 11.3. The Hall–Kier alpha value is -2.33. The number of nitrogens with one attached hydrogen (secondary N) is 1. The van der Waals surface area contributed by atoms with Gasteiger partial charge >= 0.3 is 12.3 Å². The van der Waals surface area contributed by atoms with Crippen LogP contribution in [-0.4, -0.2) is 70.7 Å². The summed E-state index contributed by atoms with van der Waals surface area (Å²) in [6.45, 7) is 3.61. The third kappa shape index (κ3) is 9.32. The van der Waals surface area contributed by atoms with Crippen molar-refractivity contribution in [1.82, 2.24) is 5.32 Å². The van der Waals surface area contributed by atoms with Crippen molar-refractivity contribution in [1.29, 1.82) is 0 Å². The summed E-state index contributed by atoms with van der Waals surface area (Å²) in [5.74, 6) is -0.373. The molecule has 1 N–H and O–H groups in total. The van der Waals surface area contributed by atoms with Crippen LogP contribution >= 0.6 is 0 Å². The summed E-state index contributed by atoms with van der Waals surface area (Å²) in [4.78, 5) is 33.2. The van der Waals surface area contributed by atoms with Crippen molar-refractivity contribution in [2.75, 3.05) is 46.4 Å². The van der Waals surface area contributed by atoms with E-state index in [0.29, 0.717) is 0 Å². The third-order valence-corrected chi connectivity index (χ3v) is 2.37. The van der Waals surface area contributed by atoms with Crippen molar-refractivity contribution < 1.29 is 42.8 Å². The van der Waals surface area contributed by atoms with Gasteiger partial charge in [-0.2, -0.15) is 0 Å². The average molecular weight is 333 g/mol. The fourth-order valence-corrected chi connectivity index (χ4v) is 1.38. The third-order valence-electron chi connectivity index (χ3n) is 2.37. The van der Waals surface area contributed by atoms with Gasteiger partial charge in [0.15, 0.2) is 6.10 Å². The van der Waals surface area contributed by atoms with Crippen molar-refractivity contribution in [3.05, 3.63) is 12.7 Å². The predicted octanol–water partition coefficient (Wildman–Crippen LogP) is -0.0321. The lowest BCUT2D eigenvalue weighted by atomic mass is 10.4. The minimum Gasteiger partial charge on any atom is -0.432 e. The van der Waals surface area contributed by atoms with Gasteiger partial charge in [-0.25, -0.2) is 9.59 Å². The molecule has 0 bridgehead atoms. The van der Waals surface area contributed by atoms with Crippen LogP contribution in [-0.2, 0) is 33.2 Å². The molecule has 1 saturated heterocycles. The molecule has 1 amide bonds. The first kappa shape index (κ1) is 18.7. The van der Waals surface area contributed by atoms with Crippen LogP contribution in [0.4, 0.5) is 9.59 Å². The molecule has 1 fully saturated rings.